The highest BCUT2D eigenvalue weighted by Crippen LogP contribution is 2.29. The summed E-state index contributed by atoms with van der Waals surface area (Å²) in [4.78, 5) is 4.86. The molecule has 100 valence electrons. The first-order chi connectivity index (χ1) is 8.92. The lowest BCUT2D eigenvalue weighted by molar-refractivity contribution is 0.0846. The maximum atomic E-state index is 5.42. The van der Waals surface area contributed by atoms with Gasteiger partial charge in [0.25, 0.3) is 0 Å². The number of hydrogen-bond donors (Lipinski definition) is 1. The van der Waals surface area contributed by atoms with E-state index in [9.17, 15) is 0 Å². The van der Waals surface area contributed by atoms with E-state index >= 15 is 0 Å². The molecular formula is C14H22N2OS. The third kappa shape index (κ3) is 3.11. The number of nitrogens with one attached hydrogen (secondary N) is 1. The van der Waals surface area contributed by atoms with Crippen molar-refractivity contribution in [3.05, 3.63) is 16.1 Å². The predicted octanol–water partition coefficient (Wildman–Crippen LogP) is 2.58. The zero-order chi connectivity index (χ0) is 12.2. The second-order valence-electron chi connectivity index (χ2n) is 5.47. The average molecular weight is 266 g/mol. The van der Waals surface area contributed by atoms with Crippen LogP contribution in [0.15, 0.2) is 5.38 Å². The van der Waals surface area contributed by atoms with E-state index in [0.29, 0.717) is 5.92 Å². The highest BCUT2D eigenvalue weighted by atomic mass is 32.1. The summed E-state index contributed by atoms with van der Waals surface area (Å²) in [6, 6.07) is 0. The third-order valence-electron chi connectivity index (χ3n) is 4.07. The molecular weight excluding hydrogens is 244 g/mol. The molecule has 3 nitrogen and oxygen atoms in total. The molecule has 1 unspecified atom stereocenters. The molecule has 2 aliphatic rings. The van der Waals surface area contributed by atoms with Crippen LogP contribution < -0.4 is 5.32 Å². The van der Waals surface area contributed by atoms with Gasteiger partial charge in [0.1, 0.15) is 0 Å². The number of hydrogen-bond acceptors (Lipinski definition) is 4. The number of nitrogens with zero attached hydrogens (tertiary/aromatic N) is 1. The molecule has 18 heavy (non-hydrogen) atoms. The molecule has 1 N–H and O–H groups in total. The lowest BCUT2D eigenvalue weighted by Crippen LogP contribution is -2.30. The monoisotopic (exact) mass is 266 g/mol. The second kappa shape index (κ2) is 6.13. The highest BCUT2D eigenvalue weighted by Gasteiger charge is 2.20. The fraction of sp³-hybridized carbons (Fsp3) is 0.786. The van der Waals surface area contributed by atoms with Gasteiger partial charge in [-0.2, -0.15) is 0 Å². The minimum absolute atomic E-state index is 0.647. The van der Waals surface area contributed by atoms with Crippen LogP contribution in [0.5, 0.6) is 0 Å². The normalized spacial score (nSPS) is 26.3. The van der Waals surface area contributed by atoms with Crippen molar-refractivity contribution in [2.24, 2.45) is 5.92 Å². The third-order valence-corrected chi connectivity index (χ3v) is 4.96. The molecule has 0 amide bonds. The summed E-state index contributed by atoms with van der Waals surface area (Å²) < 4.78 is 5.42. The number of piperidine rings is 1. The molecule has 0 saturated carbocycles. The average Bonchev–Trinajstić information content (AvgIpc) is 2.89. The van der Waals surface area contributed by atoms with Gasteiger partial charge in [-0.15, -0.1) is 11.3 Å². The minimum Gasteiger partial charge on any atom is -0.381 e. The van der Waals surface area contributed by atoms with Gasteiger partial charge >= 0.3 is 0 Å². The first-order valence-corrected chi connectivity index (χ1v) is 8.02. The van der Waals surface area contributed by atoms with E-state index in [1.807, 2.05) is 11.3 Å². The van der Waals surface area contributed by atoms with Gasteiger partial charge in [-0.25, -0.2) is 4.98 Å². The number of rotatable bonds is 3. The van der Waals surface area contributed by atoms with Crippen molar-refractivity contribution in [1.29, 1.82) is 0 Å². The molecule has 0 radical (unpaired) electrons. The molecule has 2 aliphatic heterocycles. The van der Waals surface area contributed by atoms with E-state index in [1.165, 1.54) is 43.1 Å². The first kappa shape index (κ1) is 12.6. The van der Waals surface area contributed by atoms with E-state index in [-0.39, 0.29) is 0 Å². The van der Waals surface area contributed by atoms with Crippen LogP contribution in [0.25, 0.3) is 0 Å². The van der Waals surface area contributed by atoms with Crippen molar-refractivity contribution in [1.82, 2.24) is 10.3 Å². The van der Waals surface area contributed by atoms with Gasteiger partial charge in [-0.05, 0) is 44.7 Å². The molecule has 3 rings (SSSR count). The van der Waals surface area contributed by atoms with Crippen molar-refractivity contribution >= 4 is 11.3 Å². The molecule has 3 heterocycles. The summed E-state index contributed by atoms with van der Waals surface area (Å²) >= 11 is 1.86. The highest BCUT2D eigenvalue weighted by molar-refractivity contribution is 7.09. The van der Waals surface area contributed by atoms with Crippen LogP contribution in [0, 0.1) is 5.92 Å². The maximum absolute atomic E-state index is 5.42. The minimum atomic E-state index is 0.647. The van der Waals surface area contributed by atoms with Gasteiger partial charge in [0.15, 0.2) is 0 Å². The van der Waals surface area contributed by atoms with E-state index in [4.69, 9.17) is 9.72 Å². The van der Waals surface area contributed by atoms with Gasteiger partial charge in [0, 0.05) is 30.9 Å². The Morgan fingerprint density at radius 2 is 2.22 bits per heavy atom. The maximum Gasteiger partial charge on any atom is 0.0931 e. The van der Waals surface area contributed by atoms with E-state index in [1.54, 1.807) is 0 Å². The van der Waals surface area contributed by atoms with Crippen molar-refractivity contribution in [2.45, 2.75) is 38.0 Å². The summed E-state index contributed by atoms with van der Waals surface area (Å²) in [5.41, 5.74) is 1.32. The molecule has 0 aliphatic carbocycles. The van der Waals surface area contributed by atoms with Crippen LogP contribution in [-0.4, -0.2) is 31.3 Å². The largest absolute Gasteiger partial charge is 0.381 e. The number of ether oxygens (including phenoxy) is 1. The van der Waals surface area contributed by atoms with Gasteiger partial charge in [-0.3, -0.25) is 0 Å². The van der Waals surface area contributed by atoms with Gasteiger partial charge in [0.2, 0.25) is 0 Å². The Bertz CT molecular complexity index is 368. The fourth-order valence-electron chi connectivity index (χ4n) is 2.94. The SMILES string of the molecule is c1sc(CC2CCCNC2)nc1C1CCOCC1. The summed E-state index contributed by atoms with van der Waals surface area (Å²) in [7, 11) is 0. The van der Waals surface area contributed by atoms with Crippen molar-refractivity contribution < 1.29 is 4.74 Å². The van der Waals surface area contributed by atoms with Gasteiger partial charge in [-0.1, -0.05) is 0 Å². The standard InChI is InChI=1S/C14H22N2OS/c1-2-11(9-15-5-1)8-14-16-13(10-18-14)12-3-6-17-7-4-12/h10-12,15H,1-9H2. The van der Waals surface area contributed by atoms with Crippen LogP contribution >= 0.6 is 11.3 Å². The van der Waals surface area contributed by atoms with E-state index in [2.05, 4.69) is 10.7 Å². The molecule has 4 heteroatoms. The van der Waals surface area contributed by atoms with Crippen LogP contribution in [0.1, 0.15) is 42.3 Å². The van der Waals surface area contributed by atoms with Gasteiger partial charge < -0.3 is 10.1 Å². The molecule has 1 atom stereocenters. The lowest BCUT2D eigenvalue weighted by Gasteiger charge is -2.22. The first-order valence-electron chi connectivity index (χ1n) is 7.14. The van der Waals surface area contributed by atoms with E-state index in [0.717, 1.165) is 32.0 Å². The Morgan fingerprint density at radius 3 is 3.00 bits per heavy atom. The Kier molecular flexibility index (Phi) is 4.28. The van der Waals surface area contributed by atoms with Crippen LogP contribution in [0.3, 0.4) is 0 Å². The van der Waals surface area contributed by atoms with Crippen LogP contribution in [0.4, 0.5) is 0 Å². The molecule has 1 aromatic rings. The fourth-order valence-corrected chi connectivity index (χ4v) is 3.94. The van der Waals surface area contributed by atoms with Crippen molar-refractivity contribution in [3.63, 3.8) is 0 Å². The molecule has 2 saturated heterocycles. The lowest BCUT2D eigenvalue weighted by atomic mass is 9.96. The summed E-state index contributed by atoms with van der Waals surface area (Å²) in [6.45, 7) is 4.18. The molecule has 0 aromatic carbocycles. The molecule has 0 spiro atoms. The van der Waals surface area contributed by atoms with Crippen LogP contribution in [-0.2, 0) is 11.2 Å². The Hall–Kier alpha value is -0.450. The topological polar surface area (TPSA) is 34.2 Å². The van der Waals surface area contributed by atoms with Gasteiger partial charge in [0.05, 0.1) is 10.7 Å². The van der Waals surface area contributed by atoms with Crippen LogP contribution in [0.2, 0.25) is 0 Å². The number of thiazole rings is 1. The predicted molar refractivity (Wildman–Crippen MR) is 74.2 cm³/mol. The zero-order valence-electron chi connectivity index (χ0n) is 10.9. The molecule has 1 aromatic heterocycles. The Labute approximate surface area is 113 Å². The second-order valence-corrected chi connectivity index (χ2v) is 6.41. The summed E-state index contributed by atoms with van der Waals surface area (Å²) in [5.74, 6) is 1.45. The zero-order valence-corrected chi connectivity index (χ0v) is 11.7. The Balaban J connectivity index is 1.58. The number of aromatic nitrogens is 1. The molecule has 2 fully saturated rings. The smallest absolute Gasteiger partial charge is 0.0931 e. The van der Waals surface area contributed by atoms with Crippen molar-refractivity contribution in [3.8, 4) is 0 Å². The summed E-state index contributed by atoms with van der Waals surface area (Å²) in [6.07, 6.45) is 6.14. The van der Waals surface area contributed by atoms with E-state index < -0.39 is 0 Å². The molecule has 0 bridgehead atoms. The summed E-state index contributed by atoms with van der Waals surface area (Å²) in [5, 5.41) is 7.10. The quantitative estimate of drug-likeness (QED) is 0.913. The van der Waals surface area contributed by atoms with Crippen molar-refractivity contribution in [2.75, 3.05) is 26.3 Å². The Morgan fingerprint density at radius 1 is 1.33 bits per heavy atom.